The summed E-state index contributed by atoms with van der Waals surface area (Å²) in [6.45, 7) is 5.20. The lowest BCUT2D eigenvalue weighted by Crippen LogP contribution is -2.47. The Morgan fingerprint density at radius 3 is 2.49 bits per heavy atom. The largest absolute Gasteiger partial charge is 0.505 e. The molecule has 3 heterocycles. The molecule has 41 heavy (non-hydrogen) atoms. The van der Waals surface area contributed by atoms with Crippen LogP contribution >= 0.6 is 0 Å². The van der Waals surface area contributed by atoms with Crippen molar-refractivity contribution in [2.24, 2.45) is 11.7 Å². The number of nitrogens with one attached hydrogen (secondary N) is 1. The van der Waals surface area contributed by atoms with Gasteiger partial charge in [-0.1, -0.05) is 36.8 Å². The molecule has 3 aliphatic rings. The van der Waals surface area contributed by atoms with Crippen LogP contribution in [0.25, 0.3) is 6.08 Å². The monoisotopic (exact) mass is 574 g/mol. The first-order chi connectivity index (χ1) is 19.4. The number of amides is 2. The van der Waals surface area contributed by atoms with E-state index in [1.54, 1.807) is 26.0 Å². The Morgan fingerprint density at radius 2 is 1.88 bits per heavy atom. The van der Waals surface area contributed by atoms with E-state index in [1.165, 1.54) is 45.6 Å². The number of carbonyl (C=O) groups excluding carboxylic acids is 2. The summed E-state index contributed by atoms with van der Waals surface area (Å²) in [6, 6.07) is 1.19. The molecule has 4 rings (SSSR count). The number of carbonyl (C=O) groups is 2. The molecule has 0 aromatic heterocycles. The molecule has 224 valence electrons. The smallest absolute Gasteiger partial charge is 0.405 e. The average Bonchev–Trinajstić information content (AvgIpc) is 2.92. The molecule has 0 radical (unpaired) electrons. The van der Waals surface area contributed by atoms with Crippen LogP contribution in [-0.4, -0.2) is 79.4 Å². The Labute approximate surface area is 238 Å². The Morgan fingerprint density at radius 1 is 1.17 bits per heavy atom. The SMILES string of the molecule is COc1c(O)cc2c(O)c1C=C(C)C[C@H](OC)C1OC(O)C(=CC1C)[C@H](OC(N)=O)[C@@H](OC)C=CC=C(C)C(=O)N2. The number of methoxy groups -OCH3 is 3. The van der Waals surface area contributed by atoms with Crippen molar-refractivity contribution in [2.45, 2.75) is 57.9 Å². The van der Waals surface area contributed by atoms with Gasteiger partial charge >= 0.3 is 6.09 Å². The minimum atomic E-state index is -1.48. The number of phenols is 2. The first-order valence-corrected chi connectivity index (χ1v) is 12.9. The summed E-state index contributed by atoms with van der Waals surface area (Å²) < 4.78 is 27.9. The third-order valence-electron chi connectivity index (χ3n) is 7.00. The van der Waals surface area contributed by atoms with Crippen molar-refractivity contribution in [2.75, 3.05) is 26.6 Å². The van der Waals surface area contributed by atoms with Gasteiger partial charge in [-0.15, -0.1) is 0 Å². The van der Waals surface area contributed by atoms with Crippen LogP contribution in [0.15, 0.2) is 47.1 Å². The van der Waals surface area contributed by atoms with Gasteiger partial charge in [-0.05, 0) is 26.3 Å². The van der Waals surface area contributed by atoms with E-state index in [9.17, 15) is 24.9 Å². The average molecular weight is 575 g/mol. The van der Waals surface area contributed by atoms with Crippen molar-refractivity contribution in [3.8, 4) is 17.2 Å². The fraction of sp³-hybridized carbons (Fsp3) is 0.448. The van der Waals surface area contributed by atoms with Gasteiger partial charge in [0.25, 0.3) is 5.91 Å². The number of fused-ring (bicyclic) bond motifs is 9. The highest BCUT2D eigenvalue weighted by molar-refractivity contribution is 6.05. The normalized spacial score (nSPS) is 27.4. The number of aromatic hydroxyl groups is 2. The number of aliphatic hydroxyl groups is 1. The van der Waals surface area contributed by atoms with Crippen LogP contribution in [0.3, 0.4) is 0 Å². The van der Waals surface area contributed by atoms with E-state index in [1.807, 2.05) is 6.92 Å². The Balaban J connectivity index is 2.20. The van der Waals surface area contributed by atoms with Gasteiger partial charge in [0.2, 0.25) is 0 Å². The molecule has 1 aromatic rings. The van der Waals surface area contributed by atoms with E-state index in [-0.39, 0.29) is 45.6 Å². The number of hydrogen-bond acceptors (Lipinski definition) is 10. The van der Waals surface area contributed by atoms with E-state index in [2.05, 4.69) is 5.32 Å². The van der Waals surface area contributed by atoms with Gasteiger partial charge in [-0.25, -0.2) is 4.79 Å². The molecule has 0 aliphatic carbocycles. The van der Waals surface area contributed by atoms with Crippen molar-refractivity contribution < 1.29 is 48.6 Å². The summed E-state index contributed by atoms with van der Waals surface area (Å²) in [5.74, 6) is -1.45. The molecule has 0 fully saturated rings. The topological polar surface area (TPSA) is 179 Å². The Bertz CT molecular complexity index is 1270. The number of rotatable bonds is 4. The number of anilines is 1. The highest BCUT2D eigenvalue weighted by atomic mass is 16.6. The minimum absolute atomic E-state index is 0.0197. The number of primary amides is 1. The van der Waals surface area contributed by atoms with Gasteiger partial charge in [-0.3, -0.25) is 4.79 Å². The molecular weight excluding hydrogens is 536 g/mol. The quantitative estimate of drug-likeness (QED) is 0.204. The van der Waals surface area contributed by atoms with Crippen LogP contribution < -0.4 is 15.8 Å². The van der Waals surface area contributed by atoms with Gasteiger partial charge in [0, 0.05) is 37.4 Å². The van der Waals surface area contributed by atoms with Crippen LogP contribution in [-0.2, 0) is 23.7 Å². The van der Waals surface area contributed by atoms with Crippen molar-refractivity contribution in [1.82, 2.24) is 0 Å². The second kappa shape index (κ2) is 13.7. The predicted molar refractivity (Wildman–Crippen MR) is 150 cm³/mol. The number of ether oxygens (including phenoxy) is 5. The number of allylic oxidation sites excluding steroid dienone is 2. The molecule has 0 spiro atoms. The summed E-state index contributed by atoms with van der Waals surface area (Å²) >= 11 is 0. The van der Waals surface area contributed by atoms with Gasteiger partial charge in [0.1, 0.15) is 11.9 Å². The summed E-state index contributed by atoms with van der Waals surface area (Å²) in [6.07, 6.45) is 2.41. The Hall–Kier alpha value is -3.84. The first-order valence-electron chi connectivity index (χ1n) is 12.9. The van der Waals surface area contributed by atoms with E-state index in [0.29, 0.717) is 12.0 Å². The zero-order valence-electron chi connectivity index (χ0n) is 23.9. The standard InChI is InChI=1S/C29H38N2O10/c1-14-10-17-23(33)19(13-20(32)25(17)39-6)31-27(34)15(2)8-7-9-21(37-4)26(41-29(30)36)18-12-16(3)24(40-28(18)35)22(11-14)38-5/h7-10,12-13,16,21-22,24,26,28,32-33,35H,11H2,1-6H3,(H2,30,36)(H,31,34)/t16?,21-,22-,24?,26-,28?/m0/s1. The maximum Gasteiger partial charge on any atom is 0.405 e. The summed E-state index contributed by atoms with van der Waals surface area (Å²) in [5.41, 5.74) is 6.65. The maximum atomic E-state index is 12.9. The van der Waals surface area contributed by atoms with Gasteiger partial charge < -0.3 is 50.1 Å². The van der Waals surface area contributed by atoms with E-state index < -0.39 is 42.7 Å². The molecule has 12 nitrogen and oxygen atoms in total. The molecule has 2 amide bonds. The number of benzene rings is 1. The van der Waals surface area contributed by atoms with E-state index in [4.69, 9.17) is 29.4 Å². The summed E-state index contributed by atoms with van der Waals surface area (Å²) in [4.78, 5) is 24.7. The van der Waals surface area contributed by atoms with Crippen LogP contribution in [0.1, 0.15) is 32.8 Å². The van der Waals surface area contributed by atoms with Gasteiger partial charge in [0.15, 0.2) is 23.9 Å². The lowest BCUT2D eigenvalue weighted by Gasteiger charge is -2.39. The third kappa shape index (κ3) is 7.27. The maximum absolute atomic E-state index is 12.9. The van der Waals surface area contributed by atoms with Gasteiger partial charge in [0.05, 0.1) is 30.6 Å². The van der Waals surface area contributed by atoms with Crippen LogP contribution in [0.4, 0.5) is 10.5 Å². The molecule has 0 saturated heterocycles. The predicted octanol–water partition coefficient (Wildman–Crippen LogP) is 3.13. The number of hydrogen-bond donors (Lipinski definition) is 5. The van der Waals surface area contributed by atoms with Crippen molar-refractivity contribution >= 4 is 23.8 Å². The lowest BCUT2D eigenvalue weighted by molar-refractivity contribution is -0.179. The van der Waals surface area contributed by atoms with Crippen LogP contribution in [0.2, 0.25) is 0 Å². The second-order valence-corrected chi connectivity index (χ2v) is 9.93. The lowest BCUT2D eigenvalue weighted by atomic mass is 9.88. The zero-order chi connectivity index (χ0) is 30.4. The molecular formula is C29H38N2O10. The van der Waals surface area contributed by atoms with Crippen LogP contribution in [0.5, 0.6) is 17.2 Å². The fourth-order valence-electron chi connectivity index (χ4n) is 4.91. The van der Waals surface area contributed by atoms with Crippen molar-refractivity contribution in [3.05, 3.63) is 52.7 Å². The van der Waals surface area contributed by atoms with E-state index in [0.717, 1.165) is 0 Å². The molecule has 3 unspecified atom stereocenters. The highest BCUT2D eigenvalue weighted by Crippen LogP contribution is 2.44. The summed E-state index contributed by atoms with van der Waals surface area (Å²) in [5, 5.41) is 35.3. The van der Waals surface area contributed by atoms with Crippen molar-refractivity contribution in [3.63, 3.8) is 0 Å². The number of phenolic OH excluding ortho intramolecular Hbond substituents is 2. The molecule has 1 aromatic carbocycles. The summed E-state index contributed by atoms with van der Waals surface area (Å²) in [7, 11) is 4.25. The molecule has 4 bridgehead atoms. The first kappa shape index (κ1) is 31.7. The number of aliphatic hydroxyl groups excluding tert-OH is 1. The Kier molecular flexibility index (Phi) is 10.6. The fourth-order valence-corrected chi connectivity index (χ4v) is 4.91. The minimum Gasteiger partial charge on any atom is -0.505 e. The van der Waals surface area contributed by atoms with Crippen molar-refractivity contribution in [1.29, 1.82) is 0 Å². The molecule has 6 N–H and O–H groups in total. The zero-order valence-corrected chi connectivity index (χ0v) is 23.9. The van der Waals surface area contributed by atoms with Crippen LogP contribution in [0, 0.1) is 5.92 Å². The molecule has 0 saturated carbocycles. The molecule has 6 atom stereocenters. The van der Waals surface area contributed by atoms with E-state index >= 15 is 0 Å². The molecule has 3 aliphatic heterocycles. The van der Waals surface area contributed by atoms with Gasteiger partial charge in [-0.2, -0.15) is 0 Å². The molecule has 12 heteroatoms. The highest BCUT2D eigenvalue weighted by Gasteiger charge is 2.40. The second-order valence-electron chi connectivity index (χ2n) is 9.93. The third-order valence-corrected chi connectivity index (χ3v) is 7.00. The number of nitrogens with two attached hydrogens (primary N) is 1.